The summed E-state index contributed by atoms with van der Waals surface area (Å²) in [6.45, 7) is -0.700. The van der Waals surface area contributed by atoms with E-state index >= 15 is 0 Å². The number of rotatable bonds is 5. The van der Waals surface area contributed by atoms with Crippen LogP contribution in [0.15, 0.2) is 30.5 Å². The van der Waals surface area contributed by atoms with Gasteiger partial charge in [-0.15, -0.1) is 0 Å². The number of aliphatic hydroxyl groups is 4. The minimum absolute atomic E-state index is 0.224. The van der Waals surface area contributed by atoms with E-state index in [-0.39, 0.29) is 6.42 Å². The van der Waals surface area contributed by atoms with Crippen LogP contribution in [0.4, 0.5) is 0 Å². The molecule has 3 rings (SSSR count). The minimum atomic E-state index is -2.22. The van der Waals surface area contributed by atoms with Gasteiger partial charge in [-0.05, 0) is 11.6 Å². The van der Waals surface area contributed by atoms with E-state index in [0.29, 0.717) is 5.56 Å². The summed E-state index contributed by atoms with van der Waals surface area (Å²) in [6.07, 6.45) is -3.14. The van der Waals surface area contributed by atoms with E-state index in [4.69, 9.17) is 14.7 Å². The van der Waals surface area contributed by atoms with Crippen molar-refractivity contribution in [2.45, 2.75) is 30.3 Å². The lowest BCUT2D eigenvalue weighted by Gasteiger charge is -2.24. The van der Waals surface area contributed by atoms with Crippen molar-refractivity contribution >= 4 is 16.9 Å². The standard InChI is InChI=1S/C16H19NO7/c1-23-17-7-9(10-4-2-3-5-11(10)17)6-16(22)14(20)13(12(19)8-18)24-15(16)21/h2-5,7,12-14,18-20,22H,6,8H2,1H3/t12-,13+,14+,16-/m0/s1. The zero-order chi connectivity index (χ0) is 17.5. The lowest BCUT2D eigenvalue weighted by atomic mass is 9.87. The smallest absolute Gasteiger partial charge is 0.341 e. The second kappa shape index (κ2) is 6.06. The monoisotopic (exact) mass is 337 g/mol. The number of carbonyl (C=O) groups is 1. The highest BCUT2D eigenvalue weighted by molar-refractivity contribution is 5.87. The van der Waals surface area contributed by atoms with Crippen LogP contribution in [0.3, 0.4) is 0 Å². The zero-order valence-corrected chi connectivity index (χ0v) is 13.0. The molecule has 0 saturated carbocycles. The van der Waals surface area contributed by atoms with E-state index < -0.39 is 36.5 Å². The zero-order valence-electron chi connectivity index (χ0n) is 13.0. The lowest BCUT2D eigenvalue weighted by Crippen LogP contribution is -2.50. The molecule has 1 aliphatic rings. The molecule has 2 heterocycles. The number of esters is 1. The van der Waals surface area contributed by atoms with Crippen LogP contribution < -0.4 is 4.84 Å². The number of carbonyl (C=O) groups excluding carboxylic acids is 1. The minimum Gasteiger partial charge on any atom is -0.454 e. The molecule has 1 fully saturated rings. The fourth-order valence-electron chi connectivity index (χ4n) is 3.05. The Morgan fingerprint density at radius 3 is 2.79 bits per heavy atom. The van der Waals surface area contributed by atoms with E-state index in [1.54, 1.807) is 18.3 Å². The highest BCUT2D eigenvalue weighted by Crippen LogP contribution is 2.33. The van der Waals surface area contributed by atoms with Crippen LogP contribution in [0, 0.1) is 0 Å². The van der Waals surface area contributed by atoms with Gasteiger partial charge in [-0.2, -0.15) is 4.73 Å². The van der Waals surface area contributed by atoms with Crippen molar-refractivity contribution < 1.29 is 34.8 Å². The maximum absolute atomic E-state index is 12.1. The summed E-state index contributed by atoms with van der Waals surface area (Å²) in [5.74, 6) is -1.04. The van der Waals surface area contributed by atoms with Gasteiger partial charge in [0, 0.05) is 18.0 Å². The van der Waals surface area contributed by atoms with Crippen molar-refractivity contribution in [2.75, 3.05) is 13.7 Å². The molecule has 8 heteroatoms. The van der Waals surface area contributed by atoms with Gasteiger partial charge in [0.25, 0.3) is 0 Å². The molecule has 4 N–H and O–H groups in total. The number of cyclic esters (lactones) is 1. The van der Waals surface area contributed by atoms with E-state index in [9.17, 15) is 20.1 Å². The number of ether oxygens (including phenoxy) is 1. The maximum Gasteiger partial charge on any atom is 0.341 e. The Labute approximate surface area is 137 Å². The second-order valence-corrected chi connectivity index (χ2v) is 5.85. The van der Waals surface area contributed by atoms with Crippen molar-refractivity contribution in [3.8, 4) is 0 Å². The van der Waals surface area contributed by atoms with Crippen LogP contribution in [-0.4, -0.2) is 68.8 Å². The molecule has 0 radical (unpaired) electrons. The third-order valence-corrected chi connectivity index (χ3v) is 4.38. The number of benzene rings is 1. The highest BCUT2D eigenvalue weighted by Gasteiger charge is 2.58. The van der Waals surface area contributed by atoms with Crippen molar-refractivity contribution in [3.63, 3.8) is 0 Å². The predicted molar refractivity (Wildman–Crippen MR) is 82.1 cm³/mol. The van der Waals surface area contributed by atoms with E-state index in [0.717, 1.165) is 10.9 Å². The summed E-state index contributed by atoms with van der Waals surface area (Å²) in [4.78, 5) is 17.3. The molecule has 0 aliphatic carbocycles. The molecule has 0 unspecified atom stereocenters. The van der Waals surface area contributed by atoms with Crippen LogP contribution in [0.1, 0.15) is 5.56 Å². The molecule has 8 nitrogen and oxygen atoms in total. The van der Waals surface area contributed by atoms with Crippen molar-refractivity contribution in [1.82, 2.24) is 4.73 Å². The highest BCUT2D eigenvalue weighted by atomic mass is 16.6. The number of nitrogens with zero attached hydrogens (tertiary/aromatic N) is 1. The molecule has 130 valence electrons. The SMILES string of the molecule is COn1cc(C[C@@]2(O)C(=O)O[C@H]([C@@H](O)CO)[C@H]2O)c2ccccc21. The van der Waals surface area contributed by atoms with Crippen LogP contribution in [0.2, 0.25) is 0 Å². The van der Waals surface area contributed by atoms with Crippen LogP contribution in [0.5, 0.6) is 0 Å². The molecule has 2 aromatic rings. The Hall–Kier alpha value is -2.13. The quantitative estimate of drug-likeness (QED) is 0.496. The second-order valence-electron chi connectivity index (χ2n) is 5.85. The predicted octanol–water partition coefficient (Wildman–Crippen LogP) is -1.39. The van der Waals surface area contributed by atoms with Gasteiger partial charge < -0.3 is 30.0 Å². The summed E-state index contributed by atoms with van der Waals surface area (Å²) in [6, 6.07) is 7.24. The molecular formula is C16H19NO7. The van der Waals surface area contributed by atoms with Crippen LogP contribution >= 0.6 is 0 Å². The summed E-state index contributed by atoms with van der Waals surface area (Å²) in [5, 5.41) is 40.3. The Balaban J connectivity index is 1.97. The summed E-state index contributed by atoms with van der Waals surface area (Å²) in [7, 11) is 1.48. The molecule has 0 spiro atoms. The van der Waals surface area contributed by atoms with E-state index in [1.807, 2.05) is 12.1 Å². The van der Waals surface area contributed by atoms with Gasteiger partial charge in [0.05, 0.1) is 12.1 Å². The molecule has 1 aromatic carbocycles. The third kappa shape index (κ3) is 2.44. The van der Waals surface area contributed by atoms with E-state index in [2.05, 4.69) is 0 Å². The van der Waals surface area contributed by atoms with Crippen LogP contribution in [-0.2, 0) is 16.0 Å². The first-order chi connectivity index (χ1) is 11.4. The van der Waals surface area contributed by atoms with Gasteiger partial charge >= 0.3 is 5.97 Å². The van der Waals surface area contributed by atoms with E-state index in [1.165, 1.54) is 11.8 Å². The Morgan fingerprint density at radius 2 is 2.12 bits per heavy atom. The number of hydrogen-bond acceptors (Lipinski definition) is 7. The Kier molecular flexibility index (Phi) is 4.22. The topological polar surface area (TPSA) is 121 Å². The average Bonchev–Trinajstić information content (AvgIpc) is 3.05. The Bertz CT molecular complexity index is 758. The third-order valence-electron chi connectivity index (χ3n) is 4.38. The summed E-state index contributed by atoms with van der Waals surface area (Å²) < 4.78 is 6.36. The maximum atomic E-state index is 12.1. The van der Waals surface area contributed by atoms with Crippen LogP contribution in [0.25, 0.3) is 10.9 Å². The van der Waals surface area contributed by atoms with Gasteiger partial charge in [-0.3, -0.25) is 0 Å². The summed E-state index contributed by atoms with van der Waals surface area (Å²) in [5.41, 5.74) is -0.903. The summed E-state index contributed by atoms with van der Waals surface area (Å²) >= 11 is 0. The molecule has 4 atom stereocenters. The number of aromatic nitrogens is 1. The fraction of sp³-hybridized carbons (Fsp3) is 0.438. The molecule has 0 bridgehead atoms. The fourth-order valence-corrected chi connectivity index (χ4v) is 3.05. The Morgan fingerprint density at radius 1 is 1.42 bits per heavy atom. The van der Waals surface area contributed by atoms with Gasteiger partial charge in [0.15, 0.2) is 11.7 Å². The molecule has 1 saturated heterocycles. The molecule has 1 aliphatic heterocycles. The number of aliphatic hydroxyl groups excluding tert-OH is 3. The first-order valence-corrected chi connectivity index (χ1v) is 7.46. The molecule has 24 heavy (non-hydrogen) atoms. The van der Waals surface area contributed by atoms with Crippen molar-refractivity contribution in [1.29, 1.82) is 0 Å². The molecular weight excluding hydrogens is 318 g/mol. The number of fused-ring (bicyclic) bond motifs is 1. The van der Waals surface area contributed by atoms with Gasteiger partial charge in [0.1, 0.15) is 19.3 Å². The molecule has 1 aromatic heterocycles. The molecule has 0 amide bonds. The van der Waals surface area contributed by atoms with Crippen molar-refractivity contribution in [3.05, 3.63) is 36.0 Å². The van der Waals surface area contributed by atoms with Gasteiger partial charge in [-0.25, -0.2) is 4.79 Å². The lowest BCUT2D eigenvalue weighted by molar-refractivity contribution is -0.158. The first kappa shape index (κ1) is 16.7. The van der Waals surface area contributed by atoms with Gasteiger partial charge in [0.2, 0.25) is 0 Å². The number of hydrogen-bond donors (Lipinski definition) is 4. The first-order valence-electron chi connectivity index (χ1n) is 7.46. The van der Waals surface area contributed by atoms with Gasteiger partial charge in [-0.1, -0.05) is 18.2 Å². The number of para-hydroxylation sites is 1. The normalized spacial score (nSPS) is 28.1. The average molecular weight is 337 g/mol. The van der Waals surface area contributed by atoms with Crippen molar-refractivity contribution in [2.24, 2.45) is 0 Å². The largest absolute Gasteiger partial charge is 0.454 e.